The molecule has 4 rings (SSSR count). The Morgan fingerprint density at radius 2 is 1.85 bits per heavy atom. The summed E-state index contributed by atoms with van der Waals surface area (Å²) >= 11 is 7.81. The van der Waals surface area contributed by atoms with Crippen molar-refractivity contribution < 1.29 is 27.5 Å². The number of hydrogen-bond acceptors (Lipinski definition) is 7. The van der Waals surface area contributed by atoms with Crippen LogP contribution in [0.4, 0.5) is 0 Å². The molecular formula is C27H31ClN2O6S2Si. The van der Waals surface area contributed by atoms with Gasteiger partial charge in [-0.3, -0.25) is 4.57 Å². The molecule has 2 aromatic heterocycles. The zero-order chi connectivity index (χ0) is 28.9. The highest BCUT2D eigenvalue weighted by molar-refractivity contribution is 7.90. The van der Waals surface area contributed by atoms with E-state index in [9.17, 15) is 18.3 Å². The van der Waals surface area contributed by atoms with Gasteiger partial charge in [0.05, 0.1) is 21.0 Å². The molecule has 4 aromatic rings. The zero-order valence-corrected chi connectivity index (χ0v) is 26.2. The maximum absolute atomic E-state index is 12.1. The van der Waals surface area contributed by atoms with Crippen LogP contribution >= 0.6 is 22.9 Å². The zero-order valence-electron chi connectivity index (χ0n) is 22.8. The maximum Gasteiger partial charge on any atom is 0.349 e. The molecule has 8 nitrogen and oxygen atoms in total. The SMILES string of the molecule is C[C@@H](Oc1cc(-n2cnc3cc(S(C)(=O)=O)ccc32)sc1C(=O)O)c1cccc(O[Si](C)(C)C(C)(C)C)c1Cl. The third-order valence-corrected chi connectivity index (χ3v) is 13.9. The van der Waals surface area contributed by atoms with Crippen molar-refractivity contribution in [3.8, 4) is 16.5 Å². The monoisotopic (exact) mass is 606 g/mol. The molecule has 0 saturated carbocycles. The van der Waals surface area contributed by atoms with Crippen molar-refractivity contribution in [2.45, 2.75) is 56.8 Å². The fourth-order valence-corrected chi connectivity index (χ4v) is 6.68. The lowest BCUT2D eigenvalue weighted by Gasteiger charge is -2.37. The molecule has 0 unspecified atom stereocenters. The first kappa shape index (κ1) is 29.1. The van der Waals surface area contributed by atoms with E-state index in [1.165, 1.54) is 18.5 Å². The lowest BCUT2D eigenvalue weighted by Crippen LogP contribution is -2.44. The van der Waals surface area contributed by atoms with E-state index in [2.05, 4.69) is 38.8 Å². The van der Waals surface area contributed by atoms with E-state index in [4.69, 9.17) is 20.8 Å². The second-order valence-electron chi connectivity index (χ2n) is 10.9. The van der Waals surface area contributed by atoms with Crippen LogP contribution in [0.2, 0.25) is 23.2 Å². The highest BCUT2D eigenvalue weighted by Gasteiger charge is 2.39. The van der Waals surface area contributed by atoms with Gasteiger partial charge in [-0.25, -0.2) is 18.2 Å². The van der Waals surface area contributed by atoms with Crippen LogP contribution in [0.1, 0.15) is 49.0 Å². The number of nitrogens with zero attached hydrogens (tertiary/aromatic N) is 2. The number of rotatable bonds is 8. The Bertz CT molecular complexity index is 1670. The van der Waals surface area contributed by atoms with Crippen LogP contribution in [0.15, 0.2) is 53.7 Å². The summed E-state index contributed by atoms with van der Waals surface area (Å²) in [7, 11) is -5.53. The first-order chi connectivity index (χ1) is 18.0. The number of halogens is 1. The van der Waals surface area contributed by atoms with Gasteiger partial charge in [0.25, 0.3) is 8.32 Å². The van der Waals surface area contributed by atoms with Gasteiger partial charge in [0.2, 0.25) is 0 Å². The molecule has 0 aliphatic rings. The van der Waals surface area contributed by atoms with Gasteiger partial charge in [-0.05, 0) is 49.3 Å². The molecule has 1 atom stereocenters. The summed E-state index contributed by atoms with van der Waals surface area (Å²) < 4.78 is 38.2. The molecule has 208 valence electrons. The predicted octanol–water partition coefficient (Wildman–Crippen LogP) is 7.37. The van der Waals surface area contributed by atoms with Gasteiger partial charge < -0.3 is 14.3 Å². The second kappa shape index (κ2) is 10.3. The number of thiophene rings is 1. The standard InChI is InChI=1S/C27H31ClN2O6S2Si/c1-16(18-9-8-10-21(24(18)28)36-39(6,7)27(2,3)4)35-22-14-23(37-25(22)26(31)32)30-15-29-19-13-17(38(5,33)34)11-12-20(19)30/h8-16H,1-7H3,(H,31,32)/t16-/m1/s1. The molecule has 0 aliphatic carbocycles. The quantitative estimate of drug-likeness (QED) is 0.209. The molecule has 2 aromatic carbocycles. The van der Waals surface area contributed by atoms with Gasteiger partial charge >= 0.3 is 5.97 Å². The summed E-state index contributed by atoms with van der Waals surface area (Å²) in [5, 5.41) is 10.9. The number of benzene rings is 2. The summed E-state index contributed by atoms with van der Waals surface area (Å²) in [5.74, 6) is -0.353. The number of imidazole rings is 1. The number of aromatic nitrogens is 2. The van der Waals surface area contributed by atoms with Crippen LogP contribution in [0, 0.1) is 0 Å². The number of fused-ring (bicyclic) bond motifs is 1. The third-order valence-electron chi connectivity index (χ3n) is 6.97. The average Bonchev–Trinajstić information content (AvgIpc) is 3.42. The molecule has 0 spiro atoms. The van der Waals surface area contributed by atoms with E-state index in [-0.39, 0.29) is 20.6 Å². The summed E-state index contributed by atoms with van der Waals surface area (Å²) in [6.07, 6.45) is 2.09. The van der Waals surface area contributed by atoms with E-state index in [0.717, 1.165) is 17.6 Å². The van der Waals surface area contributed by atoms with E-state index in [0.29, 0.717) is 32.4 Å². The van der Waals surface area contributed by atoms with Gasteiger partial charge in [0.15, 0.2) is 14.7 Å². The third kappa shape index (κ3) is 5.86. The van der Waals surface area contributed by atoms with Crippen LogP contribution in [-0.2, 0) is 9.84 Å². The highest BCUT2D eigenvalue weighted by Crippen LogP contribution is 2.42. The van der Waals surface area contributed by atoms with E-state index in [1.807, 2.05) is 18.2 Å². The molecule has 1 N–H and O–H groups in total. The molecule has 0 aliphatic heterocycles. The largest absolute Gasteiger partial charge is 0.542 e. The fourth-order valence-electron chi connectivity index (χ4n) is 3.72. The van der Waals surface area contributed by atoms with Crippen molar-refractivity contribution in [1.82, 2.24) is 9.55 Å². The fraction of sp³-hybridized carbons (Fsp3) is 0.333. The van der Waals surface area contributed by atoms with Crippen molar-refractivity contribution >= 4 is 58.1 Å². The Hall–Kier alpha value is -2.86. The Morgan fingerprint density at radius 3 is 2.46 bits per heavy atom. The van der Waals surface area contributed by atoms with Crippen molar-refractivity contribution in [2.24, 2.45) is 0 Å². The average molecular weight is 607 g/mol. The minimum absolute atomic E-state index is 0.0121. The Morgan fingerprint density at radius 1 is 1.15 bits per heavy atom. The molecular weight excluding hydrogens is 576 g/mol. The summed E-state index contributed by atoms with van der Waals surface area (Å²) in [4.78, 5) is 16.6. The van der Waals surface area contributed by atoms with Crippen LogP contribution in [0.5, 0.6) is 11.5 Å². The molecule has 0 bridgehead atoms. The smallest absolute Gasteiger partial charge is 0.349 e. The number of carboxylic acid groups (broad SMARTS) is 1. The first-order valence-corrected chi connectivity index (χ1v) is 18.2. The molecule has 12 heteroatoms. The minimum atomic E-state index is -3.39. The topological polar surface area (TPSA) is 108 Å². The van der Waals surface area contributed by atoms with Crippen molar-refractivity contribution in [1.29, 1.82) is 0 Å². The molecule has 2 heterocycles. The van der Waals surface area contributed by atoms with Crippen molar-refractivity contribution in [3.63, 3.8) is 0 Å². The lowest BCUT2D eigenvalue weighted by molar-refractivity contribution is 0.0695. The summed E-state index contributed by atoms with van der Waals surface area (Å²) in [6.45, 7) is 12.5. The van der Waals surface area contributed by atoms with Crippen molar-refractivity contribution in [3.05, 3.63) is 64.3 Å². The number of aromatic carboxylic acids is 1. The highest BCUT2D eigenvalue weighted by atomic mass is 35.5. The van der Waals surface area contributed by atoms with E-state index >= 15 is 0 Å². The Kier molecular flexibility index (Phi) is 7.67. The Labute approximate surface area is 238 Å². The second-order valence-corrected chi connectivity index (χ2v) is 19.1. The number of ether oxygens (including phenoxy) is 1. The molecule has 0 radical (unpaired) electrons. The van der Waals surface area contributed by atoms with Crippen molar-refractivity contribution in [2.75, 3.05) is 6.26 Å². The van der Waals surface area contributed by atoms with Gasteiger partial charge in [-0.15, -0.1) is 11.3 Å². The normalized spacial score (nSPS) is 13.4. The number of carboxylic acids is 1. The summed E-state index contributed by atoms with van der Waals surface area (Å²) in [6, 6.07) is 11.8. The summed E-state index contributed by atoms with van der Waals surface area (Å²) in [5.41, 5.74) is 1.79. The van der Waals surface area contributed by atoms with Gasteiger partial charge in [0.1, 0.15) is 28.9 Å². The Balaban J connectivity index is 1.67. The number of sulfone groups is 1. The molecule has 0 fully saturated rings. The number of hydrogen-bond donors (Lipinski definition) is 1. The van der Waals surface area contributed by atoms with Crippen LogP contribution in [-0.4, -0.2) is 43.6 Å². The minimum Gasteiger partial charge on any atom is -0.542 e. The molecule has 0 amide bonds. The van der Waals surface area contributed by atoms with E-state index in [1.54, 1.807) is 23.6 Å². The first-order valence-electron chi connectivity index (χ1n) is 12.2. The molecule has 39 heavy (non-hydrogen) atoms. The van der Waals surface area contributed by atoms with Crippen LogP contribution in [0.3, 0.4) is 0 Å². The maximum atomic E-state index is 12.1. The van der Waals surface area contributed by atoms with Gasteiger partial charge in [-0.2, -0.15) is 0 Å². The van der Waals surface area contributed by atoms with Gasteiger partial charge in [0, 0.05) is 17.9 Å². The van der Waals surface area contributed by atoms with E-state index < -0.39 is 30.2 Å². The van der Waals surface area contributed by atoms with Crippen LogP contribution in [0.25, 0.3) is 16.0 Å². The lowest BCUT2D eigenvalue weighted by atomic mass is 10.1. The van der Waals surface area contributed by atoms with Gasteiger partial charge in [-0.1, -0.05) is 44.5 Å². The predicted molar refractivity (Wildman–Crippen MR) is 157 cm³/mol. The molecule has 0 saturated heterocycles. The number of carbonyl (C=O) groups is 1. The van der Waals surface area contributed by atoms with Crippen LogP contribution < -0.4 is 9.16 Å².